The Morgan fingerprint density at radius 1 is 0.952 bits per heavy atom. The molecule has 1 saturated heterocycles. The molecular weight excluding hydrogens is 260 g/mol. The van der Waals surface area contributed by atoms with Crippen molar-refractivity contribution in [3.8, 4) is 0 Å². The van der Waals surface area contributed by atoms with E-state index >= 15 is 0 Å². The van der Waals surface area contributed by atoms with Gasteiger partial charge in [-0.05, 0) is 93.5 Å². The van der Waals surface area contributed by atoms with E-state index < -0.39 is 0 Å². The van der Waals surface area contributed by atoms with E-state index in [0.717, 1.165) is 43.2 Å². The van der Waals surface area contributed by atoms with Gasteiger partial charge in [-0.25, -0.2) is 0 Å². The molecule has 1 aliphatic heterocycles. The van der Waals surface area contributed by atoms with Gasteiger partial charge in [0.2, 0.25) is 5.91 Å². The molecule has 6 aliphatic rings. The summed E-state index contributed by atoms with van der Waals surface area (Å²) in [6.07, 6.45) is 10.7. The van der Waals surface area contributed by atoms with Crippen molar-refractivity contribution >= 4 is 5.91 Å². The molecule has 1 unspecified atom stereocenters. The molecule has 3 heteroatoms. The van der Waals surface area contributed by atoms with Gasteiger partial charge in [-0.1, -0.05) is 0 Å². The van der Waals surface area contributed by atoms with Gasteiger partial charge in [0.05, 0.1) is 0 Å². The lowest BCUT2D eigenvalue weighted by molar-refractivity contribution is -0.127. The van der Waals surface area contributed by atoms with E-state index in [1.807, 2.05) is 0 Å². The molecule has 1 amide bonds. The Balaban J connectivity index is 1.25. The normalized spacial score (nSPS) is 49.3. The number of carbonyl (C=O) groups is 1. The number of amides is 1. The minimum Gasteiger partial charge on any atom is -0.353 e. The fourth-order valence-electron chi connectivity index (χ4n) is 6.62. The van der Waals surface area contributed by atoms with Crippen molar-refractivity contribution in [2.45, 2.75) is 57.4 Å². The van der Waals surface area contributed by atoms with Crippen molar-refractivity contribution in [2.75, 3.05) is 13.1 Å². The monoisotopic (exact) mass is 288 g/mol. The van der Waals surface area contributed by atoms with Crippen LogP contribution in [0.4, 0.5) is 0 Å². The minimum absolute atomic E-state index is 0.344. The average molecular weight is 288 g/mol. The van der Waals surface area contributed by atoms with E-state index in [1.165, 1.54) is 44.9 Å². The Morgan fingerprint density at radius 3 is 2.19 bits per heavy atom. The van der Waals surface area contributed by atoms with Gasteiger partial charge in [0, 0.05) is 12.0 Å². The zero-order valence-electron chi connectivity index (χ0n) is 12.9. The van der Waals surface area contributed by atoms with E-state index in [0.29, 0.717) is 23.3 Å². The molecule has 0 radical (unpaired) electrons. The second-order valence-corrected chi connectivity index (χ2v) is 8.83. The number of piperidine rings is 1. The number of hydrogen-bond donors (Lipinski definition) is 2. The molecule has 2 N–H and O–H groups in total. The third-order valence-corrected chi connectivity index (χ3v) is 7.64. The van der Waals surface area contributed by atoms with Gasteiger partial charge in [0.15, 0.2) is 0 Å². The van der Waals surface area contributed by atoms with Crippen LogP contribution in [0, 0.1) is 35.0 Å². The summed E-state index contributed by atoms with van der Waals surface area (Å²) >= 11 is 0. The van der Waals surface area contributed by atoms with Gasteiger partial charge in [0.1, 0.15) is 0 Å². The lowest BCUT2D eigenvalue weighted by atomic mass is 9.54. The van der Waals surface area contributed by atoms with Gasteiger partial charge in [-0.3, -0.25) is 4.79 Å². The van der Waals surface area contributed by atoms with E-state index in [1.54, 1.807) is 0 Å². The molecule has 5 aliphatic carbocycles. The van der Waals surface area contributed by atoms with E-state index in [2.05, 4.69) is 10.6 Å². The highest BCUT2D eigenvalue weighted by molar-refractivity contribution is 5.83. The average Bonchev–Trinajstić information content (AvgIpc) is 3.16. The molecule has 6 fully saturated rings. The third-order valence-electron chi connectivity index (χ3n) is 7.64. The van der Waals surface area contributed by atoms with Crippen LogP contribution in [0.5, 0.6) is 0 Å². The quantitative estimate of drug-likeness (QED) is 0.819. The molecule has 1 atom stereocenters. The highest BCUT2D eigenvalue weighted by Crippen LogP contribution is 2.59. The molecule has 6 rings (SSSR count). The first kappa shape index (κ1) is 12.9. The summed E-state index contributed by atoms with van der Waals surface area (Å²) in [4.78, 5) is 12.7. The van der Waals surface area contributed by atoms with Crippen LogP contribution in [0.25, 0.3) is 0 Å². The molecule has 3 nitrogen and oxygen atoms in total. The minimum atomic E-state index is 0.344. The van der Waals surface area contributed by atoms with Crippen molar-refractivity contribution in [1.82, 2.24) is 10.6 Å². The van der Waals surface area contributed by atoms with Gasteiger partial charge < -0.3 is 10.6 Å². The zero-order valence-corrected chi connectivity index (χ0v) is 12.9. The molecule has 1 spiro atoms. The number of nitrogens with one attached hydrogen (secondary N) is 2. The van der Waals surface area contributed by atoms with E-state index in [-0.39, 0.29) is 0 Å². The molecule has 5 saturated carbocycles. The van der Waals surface area contributed by atoms with E-state index in [4.69, 9.17) is 0 Å². The summed E-state index contributed by atoms with van der Waals surface area (Å²) in [6.45, 7) is 2.23. The number of hydrogen-bond acceptors (Lipinski definition) is 2. The molecule has 4 bridgehead atoms. The molecule has 0 aromatic rings. The van der Waals surface area contributed by atoms with Crippen LogP contribution in [0.3, 0.4) is 0 Å². The van der Waals surface area contributed by atoms with Crippen molar-refractivity contribution < 1.29 is 4.79 Å². The van der Waals surface area contributed by atoms with Crippen LogP contribution < -0.4 is 10.6 Å². The van der Waals surface area contributed by atoms with Crippen molar-refractivity contribution in [2.24, 2.45) is 35.0 Å². The lowest BCUT2D eigenvalue weighted by Crippen LogP contribution is -2.56. The van der Waals surface area contributed by atoms with Crippen molar-refractivity contribution in [1.29, 1.82) is 0 Å². The molecule has 0 aromatic carbocycles. The van der Waals surface area contributed by atoms with E-state index in [9.17, 15) is 4.79 Å². The van der Waals surface area contributed by atoms with Crippen molar-refractivity contribution in [3.63, 3.8) is 0 Å². The Hall–Kier alpha value is -0.570. The predicted octanol–water partition coefficient (Wildman–Crippen LogP) is 2.32. The van der Waals surface area contributed by atoms with Gasteiger partial charge >= 0.3 is 0 Å². The van der Waals surface area contributed by atoms with Crippen LogP contribution in [-0.2, 0) is 4.79 Å². The van der Waals surface area contributed by atoms with Crippen LogP contribution in [0.2, 0.25) is 0 Å². The van der Waals surface area contributed by atoms with Crippen LogP contribution in [-0.4, -0.2) is 25.0 Å². The summed E-state index contributed by atoms with van der Waals surface area (Å²) < 4.78 is 0. The van der Waals surface area contributed by atoms with Crippen molar-refractivity contribution in [3.05, 3.63) is 0 Å². The maximum atomic E-state index is 12.7. The molecule has 21 heavy (non-hydrogen) atoms. The first-order valence-corrected chi connectivity index (χ1v) is 9.25. The molecule has 0 aromatic heterocycles. The van der Waals surface area contributed by atoms with Gasteiger partial charge in [-0.15, -0.1) is 0 Å². The Kier molecular flexibility index (Phi) is 2.75. The predicted molar refractivity (Wildman–Crippen MR) is 81.6 cm³/mol. The maximum Gasteiger partial charge on any atom is 0.223 e. The standard InChI is InChI=1S/C18H28N2O/c21-17(15-10-18(15)1-3-19-4-2-18)20-16-13-6-11-5-12(8-13)9-14(16)7-11/h11-16,19H,1-10H2,(H,20,21). The van der Waals surface area contributed by atoms with Gasteiger partial charge in [-0.2, -0.15) is 0 Å². The maximum absolute atomic E-state index is 12.7. The molecule has 116 valence electrons. The first-order chi connectivity index (χ1) is 10.2. The molecule has 1 heterocycles. The Morgan fingerprint density at radius 2 is 1.57 bits per heavy atom. The fourth-order valence-corrected chi connectivity index (χ4v) is 6.62. The lowest BCUT2D eigenvalue weighted by Gasteiger charge is -2.54. The third kappa shape index (κ3) is 1.99. The second-order valence-electron chi connectivity index (χ2n) is 8.83. The first-order valence-electron chi connectivity index (χ1n) is 9.25. The zero-order chi connectivity index (χ0) is 14.0. The summed E-state index contributed by atoms with van der Waals surface area (Å²) in [6, 6.07) is 0.532. The number of carbonyl (C=O) groups excluding carboxylic acids is 1. The topological polar surface area (TPSA) is 41.1 Å². The summed E-state index contributed by atoms with van der Waals surface area (Å²) in [7, 11) is 0. The Labute approximate surface area is 127 Å². The fraction of sp³-hybridized carbons (Fsp3) is 0.944. The second kappa shape index (κ2) is 4.47. The summed E-state index contributed by atoms with van der Waals surface area (Å²) in [5.41, 5.74) is 0.390. The van der Waals surface area contributed by atoms with Crippen LogP contribution in [0.1, 0.15) is 51.4 Å². The highest BCUT2D eigenvalue weighted by atomic mass is 16.2. The van der Waals surface area contributed by atoms with Gasteiger partial charge in [0.25, 0.3) is 0 Å². The smallest absolute Gasteiger partial charge is 0.223 e. The number of rotatable bonds is 2. The highest BCUT2D eigenvalue weighted by Gasteiger charge is 2.58. The largest absolute Gasteiger partial charge is 0.353 e. The summed E-state index contributed by atoms with van der Waals surface area (Å²) in [5.74, 6) is 4.38. The van der Waals surface area contributed by atoms with Crippen LogP contribution in [0.15, 0.2) is 0 Å². The van der Waals surface area contributed by atoms with Crippen LogP contribution >= 0.6 is 0 Å². The molecular formula is C18H28N2O. The Bertz CT molecular complexity index is 426. The SMILES string of the molecule is O=C(NC1C2CC3CC(C2)CC1C3)C1CC12CCNCC2. The summed E-state index contributed by atoms with van der Waals surface area (Å²) in [5, 5.41) is 6.97.